The summed E-state index contributed by atoms with van der Waals surface area (Å²) in [7, 11) is -1.48. The average molecular weight is 254 g/mol. The van der Waals surface area contributed by atoms with E-state index in [9.17, 15) is 4.79 Å². The molecule has 0 aromatic rings. The number of hydrogen-bond acceptors (Lipinski definition) is 2. The number of hydrogen-bond donors (Lipinski definition) is 0. The van der Waals surface area contributed by atoms with E-state index in [0.717, 1.165) is 28.5 Å². The van der Waals surface area contributed by atoms with Gasteiger partial charge in [-0.15, -0.1) is 0 Å². The Labute approximate surface area is 104 Å². The van der Waals surface area contributed by atoms with Gasteiger partial charge in [0.1, 0.15) is 0 Å². The van der Waals surface area contributed by atoms with E-state index in [-0.39, 0.29) is 0 Å². The van der Waals surface area contributed by atoms with Crippen LogP contribution in [0.3, 0.4) is 0 Å². The van der Waals surface area contributed by atoms with Crippen LogP contribution < -0.4 is 0 Å². The topological polar surface area (TPSA) is 17.1 Å². The summed E-state index contributed by atoms with van der Waals surface area (Å²) in [5, 5.41) is 2.49. The largest absolute Gasteiger partial charge is 0.295 e. The maximum absolute atomic E-state index is 12.4. The van der Waals surface area contributed by atoms with Crippen molar-refractivity contribution in [2.24, 2.45) is 5.92 Å². The van der Waals surface area contributed by atoms with Crippen molar-refractivity contribution >= 4 is 25.6 Å². The molecule has 0 spiro atoms. The fourth-order valence-electron chi connectivity index (χ4n) is 2.69. The van der Waals surface area contributed by atoms with Gasteiger partial charge in [-0.25, -0.2) is 0 Å². The third-order valence-electron chi connectivity index (χ3n) is 3.86. The second-order valence-corrected chi connectivity index (χ2v) is 12.9. The molecule has 2 rings (SSSR count). The van der Waals surface area contributed by atoms with Crippen LogP contribution in [0.4, 0.5) is 0 Å². The molecule has 0 amide bonds. The van der Waals surface area contributed by atoms with E-state index in [2.05, 4.69) is 38.0 Å². The molecule has 3 heteroatoms. The zero-order chi connectivity index (χ0) is 11.9. The molecule has 90 valence electrons. The van der Waals surface area contributed by atoms with Crippen LogP contribution in [0.15, 0.2) is 11.8 Å². The number of fused-ring (bicyclic) bond motifs is 2. The monoisotopic (exact) mass is 254 g/mol. The lowest BCUT2D eigenvalue weighted by atomic mass is 9.94. The summed E-state index contributed by atoms with van der Waals surface area (Å²) in [6.07, 6.45) is 4.89. The highest BCUT2D eigenvalue weighted by atomic mass is 32.2. The van der Waals surface area contributed by atoms with Crippen LogP contribution in [-0.4, -0.2) is 24.4 Å². The van der Waals surface area contributed by atoms with E-state index in [1.54, 1.807) is 0 Å². The first kappa shape index (κ1) is 12.4. The predicted molar refractivity (Wildman–Crippen MR) is 74.6 cm³/mol. The number of Topliss-reactive ketones (excluding diaryl/α,β-unsaturated/α-hetero) is 1. The van der Waals surface area contributed by atoms with E-state index in [1.807, 2.05) is 0 Å². The molecule has 2 aliphatic heterocycles. The molecule has 0 aromatic carbocycles. The molecule has 2 aliphatic rings. The Morgan fingerprint density at radius 1 is 1.19 bits per heavy atom. The van der Waals surface area contributed by atoms with E-state index < -0.39 is 8.07 Å². The van der Waals surface area contributed by atoms with E-state index in [4.69, 9.17) is 0 Å². The van der Waals surface area contributed by atoms with Crippen molar-refractivity contribution in [2.75, 3.05) is 0 Å². The van der Waals surface area contributed by atoms with Crippen LogP contribution in [0.25, 0.3) is 0 Å². The van der Waals surface area contributed by atoms with Crippen molar-refractivity contribution in [1.29, 1.82) is 0 Å². The fourth-order valence-corrected chi connectivity index (χ4v) is 5.41. The summed E-state index contributed by atoms with van der Waals surface area (Å²) >= 11 is 2.12. The molecule has 16 heavy (non-hydrogen) atoms. The number of thioether (sulfide) groups is 1. The van der Waals surface area contributed by atoms with Gasteiger partial charge in [0.25, 0.3) is 0 Å². The Morgan fingerprint density at radius 2 is 1.69 bits per heavy atom. The van der Waals surface area contributed by atoms with Gasteiger partial charge in [-0.3, -0.25) is 4.79 Å². The molecule has 0 radical (unpaired) electrons. The summed E-state index contributed by atoms with van der Waals surface area (Å²) < 4.78 is 0. The standard InChI is InChI=1S/C13H22OSSi/c1-9(16(2,3)4)13(14)10-7-11-5-6-12(8-10)15-11/h10-12H,1,5-8H2,2-4H3. The van der Waals surface area contributed by atoms with Gasteiger partial charge in [-0.1, -0.05) is 26.2 Å². The van der Waals surface area contributed by atoms with Gasteiger partial charge in [0.05, 0.1) is 8.07 Å². The highest BCUT2D eigenvalue weighted by Crippen LogP contribution is 2.46. The molecule has 0 aliphatic carbocycles. The Morgan fingerprint density at radius 3 is 2.12 bits per heavy atom. The Hall–Kier alpha value is -0.0231. The highest BCUT2D eigenvalue weighted by Gasteiger charge is 2.39. The van der Waals surface area contributed by atoms with Gasteiger partial charge >= 0.3 is 0 Å². The van der Waals surface area contributed by atoms with Gasteiger partial charge in [-0.05, 0) is 30.9 Å². The third-order valence-corrected chi connectivity index (χ3v) is 7.55. The quantitative estimate of drug-likeness (QED) is 0.565. The van der Waals surface area contributed by atoms with Crippen molar-refractivity contribution in [1.82, 2.24) is 0 Å². The highest BCUT2D eigenvalue weighted by molar-refractivity contribution is 8.00. The second kappa shape index (κ2) is 4.34. The minimum absolute atomic E-state index is 0.304. The van der Waals surface area contributed by atoms with Crippen LogP contribution in [0, 0.1) is 5.92 Å². The zero-order valence-electron chi connectivity index (χ0n) is 10.6. The van der Waals surface area contributed by atoms with Crippen LogP contribution >= 0.6 is 11.8 Å². The van der Waals surface area contributed by atoms with E-state index in [1.165, 1.54) is 12.8 Å². The van der Waals surface area contributed by atoms with Gasteiger partial charge in [-0.2, -0.15) is 11.8 Å². The van der Waals surface area contributed by atoms with Crippen LogP contribution in [0.5, 0.6) is 0 Å². The molecule has 2 atom stereocenters. The minimum Gasteiger partial charge on any atom is -0.295 e. The van der Waals surface area contributed by atoms with Crippen molar-refractivity contribution in [3.8, 4) is 0 Å². The van der Waals surface area contributed by atoms with Crippen LogP contribution in [0.1, 0.15) is 25.7 Å². The molecule has 2 bridgehead atoms. The lowest BCUT2D eigenvalue weighted by molar-refractivity contribution is -0.119. The molecule has 2 saturated heterocycles. The van der Waals surface area contributed by atoms with Gasteiger partial charge in [0.2, 0.25) is 0 Å². The predicted octanol–water partition coefficient (Wildman–Crippen LogP) is 3.66. The molecule has 2 fully saturated rings. The Bertz CT molecular complexity index is 306. The lowest BCUT2D eigenvalue weighted by Gasteiger charge is -2.29. The van der Waals surface area contributed by atoms with Crippen LogP contribution in [-0.2, 0) is 4.79 Å². The summed E-state index contributed by atoms with van der Waals surface area (Å²) in [5.41, 5.74) is 0. The first-order valence-corrected chi connectivity index (χ1v) is 10.7. The Kier molecular flexibility index (Phi) is 3.37. The summed E-state index contributed by atoms with van der Waals surface area (Å²) in [4.78, 5) is 12.4. The zero-order valence-corrected chi connectivity index (χ0v) is 12.4. The number of carbonyl (C=O) groups excluding carboxylic acids is 1. The average Bonchev–Trinajstić information content (AvgIpc) is 2.54. The summed E-state index contributed by atoms with van der Waals surface area (Å²) in [6, 6.07) is 0. The molecule has 2 unspecified atom stereocenters. The van der Waals surface area contributed by atoms with Crippen LogP contribution in [0.2, 0.25) is 19.6 Å². The normalized spacial score (nSPS) is 33.8. The molecule has 0 aromatic heterocycles. The molecule has 0 N–H and O–H groups in total. The van der Waals surface area contributed by atoms with E-state index in [0.29, 0.717) is 11.7 Å². The number of allylic oxidation sites excluding steroid dienone is 1. The fraction of sp³-hybridized carbons (Fsp3) is 0.769. The lowest BCUT2D eigenvalue weighted by Crippen LogP contribution is -2.35. The Balaban J connectivity index is 2.03. The smallest absolute Gasteiger partial charge is 0.157 e. The number of carbonyl (C=O) groups is 1. The third kappa shape index (κ3) is 2.45. The van der Waals surface area contributed by atoms with Gasteiger partial charge < -0.3 is 0 Å². The summed E-state index contributed by atoms with van der Waals surface area (Å²) in [6.45, 7) is 10.7. The minimum atomic E-state index is -1.48. The van der Waals surface area contributed by atoms with Crippen molar-refractivity contribution in [3.05, 3.63) is 11.8 Å². The van der Waals surface area contributed by atoms with Crippen molar-refractivity contribution in [3.63, 3.8) is 0 Å². The molecule has 1 nitrogen and oxygen atoms in total. The number of rotatable bonds is 3. The first-order valence-electron chi connectivity index (χ1n) is 6.27. The van der Waals surface area contributed by atoms with Crippen molar-refractivity contribution < 1.29 is 4.79 Å². The molecule has 0 saturated carbocycles. The maximum atomic E-state index is 12.4. The second-order valence-electron chi connectivity index (χ2n) is 6.22. The SMILES string of the molecule is C=C(C(=O)C1CC2CCC(C1)S2)[Si](C)(C)C. The molecular formula is C13H22OSSi. The van der Waals surface area contributed by atoms with Gasteiger partial charge in [0, 0.05) is 16.4 Å². The number of ketones is 1. The van der Waals surface area contributed by atoms with E-state index >= 15 is 0 Å². The molecular weight excluding hydrogens is 232 g/mol. The molecule has 2 heterocycles. The van der Waals surface area contributed by atoms with Crippen molar-refractivity contribution in [2.45, 2.75) is 55.8 Å². The van der Waals surface area contributed by atoms with Gasteiger partial charge in [0.15, 0.2) is 5.78 Å². The summed E-state index contributed by atoms with van der Waals surface area (Å²) in [5.74, 6) is 0.703. The maximum Gasteiger partial charge on any atom is 0.157 e. The first-order chi connectivity index (χ1) is 7.38.